The molecule has 0 bridgehead atoms. The lowest BCUT2D eigenvalue weighted by molar-refractivity contribution is -0.274. The number of fused-ring (bicyclic) bond motifs is 1. The normalized spacial score (nSPS) is 11.6. The van der Waals surface area contributed by atoms with Gasteiger partial charge >= 0.3 is 12.3 Å². The molecular formula is C12H8F3NO4. The van der Waals surface area contributed by atoms with E-state index in [1.54, 1.807) is 0 Å². The molecule has 0 unspecified atom stereocenters. The number of rotatable bonds is 2. The third-order valence-electron chi connectivity index (χ3n) is 2.62. The molecule has 0 saturated heterocycles. The highest BCUT2D eigenvalue weighted by molar-refractivity contribution is 5.92. The Morgan fingerprint density at radius 2 is 2.00 bits per heavy atom. The van der Waals surface area contributed by atoms with Crippen LogP contribution in [0.3, 0.4) is 0 Å². The highest BCUT2D eigenvalue weighted by atomic mass is 19.4. The molecule has 0 atom stereocenters. The highest BCUT2D eigenvalue weighted by Gasteiger charge is 2.31. The van der Waals surface area contributed by atoms with E-state index in [0.29, 0.717) is 5.52 Å². The van der Waals surface area contributed by atoms with Crippen molar-refractivity contribution < 1.29 is 27.8 Å². The number of aromatic nitrogens is 1. The predicted octanol–water partition coefficient (Wildman–Crippen LogP) is 2.14. The third kappa shape index (κ3) is 2.58. The van der Waals surface area contributed by atoms with Crippen molar-refractivity contribution in [3.63, 3.8) is 0 Å². The van der Waals surface area contributed by atoms with Gasteiger partial charge in [-0.15, -0.1) is 13.2 Å². The third-order valence-corrected chi connectivity index (χ3v) is 2.62. The Morgan fingerprint density at radius 3 is 2.55 bits per heavy atom. The van der Waals surface area contributed by atoms with E-state index in [1.807, 2.05) is 0 Å². The molecule has 0 amide bonds. The van der Waals surface area contributed by atoms with Gasteiger partial charge in [0.15, 0.2) is 0 Å². The van der Waals surface area contributed by atoms with E-state index in [0.717, 1.165) is 18.3 Å². The van der Waals surface area contributed by atoms with Crippen LogP contribution in [-0.2, 0) is 7.05 Å². The van der Waals surface area contributed by atoms with E-state index >= 15 is 0 Å². The van der Waals surface area contributed by atoms with Crippen molar-refractivity contribution in [3.8, 4) is 5.75 Å². The predicted molar refractivity (Wildman–Crippen MR) is 62.8 cm³/mol. The Morgan fingerprint density at radius 1 is 1.35 bits per heavy atom. The van der Waals surface area contributed by atoms with E-state index in [-0.39, 0.29) is 5.39 Å². The van der Waals surface area contributed by atoms with Gasteiger partial charge < -0.3 is 14.4 Å². The summed E-state index contributed by atoms with van der Waals surface area (Å²) in [5, 5.41) is 8.72. The van der Waals surface area contributed by atoms with Crippen LogP contribution < -0.4 is 10.2 Å². The van der Waals surface area contributed by atoms with Crippen LogP contribution in [0.1, 0.15) is 10.4 Å². The second kappa shape index (κ2) is 4.55. The molecule has 0 radical (unpaired) electrons. The molecule has 2 rings (SSSR count). The highest BCUT2D eigenvalue weighted by Crippen LogP contribution is 2.25. The van der Waals surface area contributed by atoms with Gasteiger partial charge in [0, 0.05) is 13.2 Å². The van der Waals surface area contributed by atoms with Gasteiger partial charge in [-0.2, -0.15) is 0 Å². The zero-order valence-electron chi connectivity index (χ0n) is 10.1. The minimum absolute atomic E-state index is 0.158. The SMILES string of the molecule is Cn1cc(C(=O)O)c(=O)c2cc(OC(F)(F)F)ccc21. The van der Waals surface area contributed by atoms with E-state index in [9.17, 15) is 22.8 Å². The lowest BCUT2D eigenvalue weighted by atomic mass is 10.1. The van der Waals surface area contributed by atoms with Crippen LogP contribution in [0.2, 0.25) is 0 Å². The van der Waals surface area contributed by atoms with Crippen molar-refractivity contribution in [3.05, 3.63) is 40.2 Å². The molecule has 0 aliphatic carbocycles. The van der Waals surface area contributed by atoms with E-state index < -0.39 is 29.1 Å². The first-order chi connectivity index (χ1) is 9.19. The van der Waals surface area contributed by atoms with Gasteiger partial charge in [0.25, 0.3) is 0 Å². The standard InChI is InChI=1S/C12H8F3NO4/c1-16-5-8(11(18)19)10(17)7-4-6(2-3-9(7)16)20-12(13,14)15/h2-5H,1H3,(H,18,19). The number of ether oxygens (including phenoxy) is 1. The van der Waals surface area contributed by atoms with Crippen molar-refractivity contribution in [2.24, 2.45) is 7.05 Å². The molecule has 1 aromatic carbocycles. The van der Waals surface area contributed by atoms with Crippen molar-refractivity contribution in [2.75, 3.05) is 0 Å². The summed E-state index contributed by atoms with van der Waals surface area (Å²) < 4.78 is 41.4. The number of carboxylic acids is 1. The van der Waals surface area contributed by atoms with Crippen LogP contribution in [0, 0.1) is 0 Å². The Kier molecular flexibility index (Phi) is 3.16. The largest absolute Gasteiger partial charge is 0.573 e. The lowest BCUT2D eigenvalue weighted by Crippen LogP contribution is -2.19. The molecule has 5 nitrogen and oxygen atoms in total. The van der Waals surface area contributed by atoms with Gasteiger partial charge in [0.2, 0.25) is 5.43 Å². The van der Waals surface area contributed by atoms with Crippen LogP contribution in [0.4, 0.5) is 13.2 Å². The van der Waals surface area contributed by atoms with Gasteiger partial charge in [-0.1, -0.05) is 0 Å². The van der Waals surface area contributed by atoms with Crippen molar-refractivity contribution in [1.82, 2.24) is 4.57 Å². The zero-order chi connectivity index (χ0) is 15.1. The van der Waals surface area contributed by atoms with Gasteiger partial charge in [-0.05, 0) is 18.2 Å². The Labute approximate surface area is 109 Å². The van der Waals surface area contributed by atoms with Crippen LogP contribution in [-0.4, -0.2) is 22.0 Å². The van der Waals surface area contributed by atoms with Crippen LogP contribution in [0.25, 0.3) is 10.9 Å². The maximum Gasteiger partial charge on any atom is 0.573 e. The fourth-order valence-corrected chi connectivity index (χ4v) is 1.82. The van der Waals surface area contributed by atoms with Gasteiger partial charge in [-0.3, -0.25) is 4.79 Å². The van der Waals surface area contributed by atoms with Gasteiger partial charge in [-0.25, -0.2) is 4.79 Å². The molecule has 2 aromatic rings. The first-order valence-electron chi connectivity index (χ1n) is 5.31. The number of aryl methyl sites for hydroxylation is 1. The van der Waals surface area contributed by atoms with E-state index in [2.05, 4.69) is 4.74 Å². The van der Waals surface area contributed by atoms with Crippen molar-refractivity contribution >= 4 is 16.9 Å². The van der Waals surface area contributed by atoms with Crippen molar-refractivity contribution in [2.45, 2.75) is 6.36 Å². The molecule has 1 N–H and O–H groups in total. The summed E-state index contributed by atoms with van der Waals surface area (Å²) in [6, 6.07) is 3.18. The first-order valence-corrected chi connectivity index (χ1v) is 5.31. The number of carbonyl (C=O) groups is 1. The molecule has 1 aromatic heterocycles. The fourth-order valence-electron chi connectivity index (χ4n) is 1.82. The molecule has 0 spiro atoms. The summed E-state index contributed by atoms with van der Waals surface area (Å²) in [5.74, 6) is -2.03. The summed E-state index contributed by atoms with van der Waals surface area (Å²) in [6.45, 7) is 0. The number of nitrogens with zero attached hydrogens (tertiary/aromatic N) is 1. The smallest absolute Gasteiger partial charge is 0.477 e. The van der Waals surface area contributed by atoms with Crippen LogP contribution in [0.5, 0.6) is 5.75 Å². The monoisotopic (exact) mass is 287 g/mol. The summed E-state index contributed by atoms with van der Waals surface area (Å²) >= 11 is 0. The maximum atomic E-state index is 12.1. The molecular weight excluding hydrogens is 279 g/mol. The average molecular weight is 287 g/mol. The quantitative estimate of drug-likeness (QED) is 0.918. The Hall–Kier alpha value is -2.51. The maximum absolute atomic E-state index is 12.1. The van der Waals surface area contributed by atoms with E-state index in [1.165, 1.54) is 17.7 Å². The molecule has 8 heteroatoms. The first kappa shape index (κ1) is 13.9. The number of aromatic carboxylic acids is 1. The minimum atomic E-state index is -4.89. The van der Waals surface area contributed by atoms with Crippen molar-refractivity contribution in [1.29, 1.82) is 0 Å². The number of halogens is 3. The molecule has 1 heterocycles. The summed E-state index contributed by atoms with van der Waals surface area (Å²) in [6.07, 6.45) is -3.78. The molecule has 0 aliphatic rings. The average Bonchev–Trinajstić information content (AvgIpc) is 2.31. The second-order valence-corrected chi connectivity index (χ2v) is 4.01. The number of alkyl halides is 3. The lowest BCUT2D eigenvalue weighted by Gasteiger charge is -2.11. The fraction of sp³-hybridized carbons (Fsp3) is 0.167. The van der Waals surface area contributed by atoms with Crippen LogP contribution in [0.15, 0.2) is 29.2 Å². The number of pyridine rings is 1. The Balaban J connectivity index is 2.70. The van der Waals surface area contributed by atoms with Gasteiger partial charge in [0.1, 0.15) is 11.3 Å². The zero-order valence-corrected chi connectivity index (χ0v) is 10.1. The molecule has 0 aliphatic heterocycles. The number of benzene rings is 1. The molecule has 106 valence electrons. The summed E-state index contributed by atoms with van der Waals surface area (Å²) in [5.41, 5.74) is -1.09. The topological polar surface area (TPSA) is 68.5 Å². The van der Waals surface area contributed by atoms with Gasteiger partial charge in [0.05, 0.1) is 10.9 Å². The second-order valence-electron chi connectivity index (χ2n) is 4.01. The molecule has 0 fully saturated rings. The number of carboxylic acid groups (broad SMARTS) is 1. The minimum Gasteiger partial charge on any atom is -0.477 e. The molecule has 20 heavy (non-hydrogen) atoms. The molecule has 0 saturated carbocycles. The number of hydrogen-bond acceptors (Lipinski definition) is 3. The summed E-state index contributed by atoms with van der Waals surface area (Å²) in [7, 11) is 1.48. The number of hydrogen-bond donors (Lipinski definition) is 1. The Bertz CT molecular complexity index is 749. The van der Waals surface area contributed by atoms with E-state index in [4.69, 9.17) is 5.11 Å². The van der Waals surface area contributed by atoms with Crippen LogP contribution >= 0.6 is 0 Å². The summed E-state index contributed by atoms with van der Waals surface area (Å²) in [4.78, 5) is 22.8.